The fourth-order valence-electron chi connectivity index (χ4n) is 3.00. The number of methoxy groups -OCH3 is 1. The number of carboxylic acids is 1. The van der Waals surface area contributed by atoms with Crippen molar-refractivity contribution < 1.29 is 28.8 Å². The van der Waals surface area contributed by atoms with Gasteiger partial charge in [-0.15, -0.1) is 11.8 Å². The van der Waals surface area contributed by atoms with E-state index < -0.39 is 10.9 Å². The molecule has 170 valence electrons. The first kappa shape index (κ1) is 24.1. The maximum Gasteiger partial charge on any atom is 0.313 e. The molecule has 3 rings (SSSR count). The molecule has 0 saturated carbocycles. The third-order valence-corrected chi connectivity index (χ3v) is 5.70. The molecule has 0 spiro atoms. The molecule has 1 N–H and O–H groups in total. The monoisotopic (exact) mass is 487 g/mol. The Hall–Kier alpha value is -3.56. The zero-order chi connectivity index (χ0) is 24.0. The van der Waals surface area contributed by atoms with Crippen LogP contribution >= 0.6 is 23.4 Å². The molecule has 10 heteroatoms. The Kier molecular flexibility index (Phi) is 7.92. The first-order valence-electron chi connectivity index (χ1n) is 9.51. The van der Waals surface area contributed by atoms with Crippen molar-refractivity contribution in [2.75, 3.05) is 12.9 Å². The van der Waals surface area contributed by atoms with Crippen LogP contribution in [0.3, 0.4) is 0 Å². The quantitative estimate of drug-likeness (QED) is 0.166. The maximum absolute atomic E-state index is 12.6. The van der Waals surface area contributed by atoms with E-state index in [9.17, 15) is 19.7 Å². The second-order valence-corrected chi connectivity index (χ2v) is 8.15. The zero-order valence-corrected chi connectivity index (χ0v) is 18.9. The topological polar surface area (TPSA) is 120 Å². The number of halogens is 1. The Morgan fingerprint density at radius 1 is 1.21 bits per heavy atom. The Morgan fingerprint density at radius 3 is 2.70 bits per heavy atom. The van der Waals surface area contributed by atoms with Crippen LogP contribution in [0.15, 0.2) is 59.0 Å². The average Bonchev–Trinajstić information content (AvgIpc) is 3.26. The van der Waals surface area contributed by atoms with Crippen LogP contribution < -0.4 is 4.74 Å². The van der Waals surface area contributed by atoms with Gasteiger partial charge in [-0.1, -0.05) is 11.6 Å². The number of nitro benzene ring substituents is 1. The van der Waals surface area contributed by atoms with Crippen LogP contribution in [0.1, 0.15) is 21.7 Å². The van der Waals surface area contributed by atoms with Crippen molar-refractivity contribution in [1.29, 1.82) is 0 Å². The summed E-state index contributed by atoms with van der Waals surface area (Å²) >= 11 is 7.05. The molecular formula is C23H18ClNO7S. The lowest BCUT2D eigenvalue weighted by Gasteiger charge is -2.09. The van der Waals surface area contributed by atoms with Gasteiger partial charge in [-0.25, -0.2) is 0 Å². The molecule has 1 aromatic heterocycles. The Balaban J connectivity index is 1.77. The molecule has 0 amide bonds. The van der Waals surface area contributed by atoms with Gasteiger partial charge in [0.25, 0.3) is 5.69 Å². The number of carbonyl (C=O) groups excluding carboxylic acids is 1. The third kappa shape index (κ3) is 6.24. The fourth-order valence-corrected chi connectivity index (χ4v) is 3.89. The summed E-state index contributed by atoms with van der Waals surface area (Å²) in [7, 11) is 1.50. The van der Waals surface area contributed by atoms with Gasteiger partial charge in [-0.3, -0.25) is 19.7 Å². The first-order chi connectivity index (χ1) is 15.8. The van der Waals surface area contributed by atoms with Gasteiger partial charge >= 0.3 is 5.97 Å². The van der Waals surface area contributed by atoms with Crippen molar-refractivity contribution in [2.24, 2.45) is 0 Å². The van der Waals surface area contributed by atoms with Gasteiger partial charge in [-0.2, -0.15) is 0 Å². The van der Waals surface area contributed by atoms with Crippen molar-refractivity contribution in [3.05, 3.63) is 86.6 Å². The first-order valence-corrected chi connectivity index (χ1v) is 11.0. The van der Waals surface area contributed by atoms with Crippen molar-refractivity contribution in [2.45, 2.75) is 5.75 Å². The number of thioether (sulfide) groups is 1. The molecule has 0 radical (unpaired) electrons. The van der Waals surface area contributed by atoms with Crippen LogP contribution in [0.25, 0.3) is 17.4 Å². The molecule has 33 heavy (non-hydrogen) atoms. The SMILES string of the molecule is COc1ccc(C(=O)/C=C/c2ccc(-c3ccc(Cl)cc3[N+](=O)[O-])o2)cc1CSCC(=O)O. The van der Waals surface area contributed by atoms with Crippen molar-refractivity contribution in [3.8, 4) is 17.1 Å². The highest BCUT2D eigenvalue weighted by Gasteiger charge is 2.18. The standard InChI is InChI=1S/C23H18ClNO7S/c1-31-21-8-2-14(10-15(21)12-33-13-23(27)28)20(26)7-4-17-5-9-22(32-17)18-6-3-16(24)11-19(18)25(29)30/h2-11H,12-13H2,1H3,(H,27,28)/b7-4+. The number of benzene rings is 2. The molecule has 0 aliphatic rings. The molecule has 0 fully saturated rings. The molecule has 0 unspecified atom stereocenters. The number of carboxylic acid groups (broad SMARTS) is 1. The summed E-state index contributed by atoms with van der Waals surface area (Å²) in [6, 6.07) is 12.4. The lowest BCUT2D eigenvalue weighted by Crippen LogP contribution is -2.01. The molecule has 0 aliphatic carbocycles. The van der Waals surface area contributed by atoms with Gasteiger partial charge < -0.3 is 14.3 Å². The highest BCUT2D eigenvalue weighted by molar-refractivity contribution is 7.99. The maximum atomic E-state index is 12.6. The highest BCUT2D eigenvalue weighted by atomic mass is 35.5. The number of furan rings is 1. The van der Waals surface area contributed by atoms with Gasteiger partial charge in [0.15, 0.2) is 5.78 Å². The van der Waals surface area contributed by atoms with Gasteiger partial charge in [0, 0.05) is 28.0 Å². The number of hydrogen-bond acceptors (Lipinski definition) is 7. The van der Waals surface area contributed by atoms with E-state index in [2.05, 4.69) is 0 Å². The number of nitrogens with zero attached hydrogens (tertiary/aromatic N) is 1. The minimum atomic E-state index is -0.920. The number of carbonyl (C=O) groups is 2. The zero-order valence-electron chi connectivity index (χ0n) is 17.3. The number of hydrogen-bond donors (Lipinski definition) is 1. The van der Waals surface area contributed by atoms with E-state index in [-0.39, 0.29) is 33.6 Å². The van der Waals surface area contributed by atoms with Gasteiger partial charge in [0.05, 0.1) is 23.3 Å². The summed E-state index contributed by atoms with van der Waals surface area (Å²) in [6.45, 7) is 0. The second-order valence-electron chi connectivity index (χ2n) is 6.73. The number of ketones is 1. The van der Waals surface area contributed by atoms with E-state index in [1.54, 1.807) is 30.3 Å². The van der Waals surface area contributed by atoms with E-state index in [0.717, 1.165) is 0 Å². The largest absolute Gasteiger partial charge is 0.496 e. The lowest BCUT2D eigenvalue weighted by molar-refractivity contribution is -0.384. The summed E-state index contributed by atoms with van der Waals surface area (Å²) < 4.78 is 10.9. The normalized spacial score (nSPS) is 11.0. The van der Waals surface area contributed by atoms with Gasteiger partial charge in [0.1, 0.15) is 17.3 Å². The molecule has 0 saturated heterocycles. The van der Waals surface area contributed by atoms with Crippen LogP contribution in [0.5, 0.6) is 5.75 Å². The summed E-state index contributed by atoms with van der Waals surface area (Å²) in [4.78, 5) is 34.1. The van der Waals surface area contributed by atoms with Crippen LogP contribution in [-0.2, 0) is 10.5 Å². The summed E-state index contributed by atoms with van der Waals surface area (Å²) in [6.07, 6.45) is 2.80. The summed E-state index contributed by atoms with van der Waals surface area (Å²) in [5, 5.41) is 20.3. The second kappa shape index (κ2) is 10.8. The van der Waals surface area contributed by atoms with Gasteiger partial charge in [-0.05, 0) is 54.6 Å². The number of nitro groups is 1. The number of allylic oxidation sites excluding steroid dienone is 1. The molecular weight excluding hydrogens is 470 g/mol. The Labute approximate surface area is 198 Å². The number of aliphatic carboxylic acids is 1. The van der Waals surface area contributed by atoms with Crippen LogP contribution in [0.2, 0.25) is 5.02 Å². The Bertz CT molecular complexity index is 1240. The fraction of sp³-hybridized carbons (Fsp3) is 0.130. The van der Waals surface area contributed by atoms with Crippen molar-refractivity contribution >= 4 is 46.9 Å². The van der Waals surface area contributed by atoms with Crippen LogP contribution in [0.4, 0.5) is 5.69 Å². The van der Waals surface area contributed by atoms with E-state index >= 15 is 0 Å². The predicted octanol–water partition coefficient (Wildman–Crippen LogP) is 5.73. The van der Waals surface area contributed by atoms with E-state index in [1.807, 2.05) is 0 Å². The van der Waals surface area contributed by atoms with E-state index in [1.165, 1.54) is 49.2 Å². The van der Waals surface area contributed by atoms with Crippen LogP contribution in [0, 0.1) is 10.1 Å². The molecule has 8 nitrogen and oxygen atoms in total. The molecule has 0 aliphatic heterocycles. The van der Waals surface area contributed by atoms with Gasteiger partial charge in [0.2, 0.25) is 0 Å². The van der Waals surface area contributed by atoms with Crippen molar-refractivity contribution in [3.63, 3.8) is 0 Å². The molecule has 3 aromatic rings. The van der Waals surface area contributed by atoms with E-state index in [0.29, 0.717) is 28.4 Å². The number of rotatable bonds is 10. The molecule has 2 aromatic carbocycles. The van der Waals surface area contributed by atoms with E-state index in [4.69, 9.17) is 25.9 Å². The number of ether oxygens (including phenoxy) is 1. The van der Waals surface area contributed by atoms with Crippen LogP contribution in [-0.4, -0.2) is 34.6 Å². The smallest absolute Gasteiger partial charge is 0.313 e. The summed E-state index contributed by atoms with van der Waals surface area (Å²) in [5.41, 5.74) is 1.19. The minimum Gasteiger partial charge on any atom is -0.496 e. The third-order valence-electron chi connectivity index (χ3n) is 4.50. The average molecular weight is 488 g/mol. The lowest BCUT2D eigenvalue weighted by atomic mass is 10.1. The molecule has 0 atom stereocenters. The predicted molar refractivity (Wildman–Crippen MR) is 126 cm³/mol. The molecule has 0 bridgehead atoms. The highest BCUT2D eigenvalue weighted by Crippen LogP contribution is 2.33. The molecule has 1 heterocycles. The Morgan fingerprint density at radius 2 is 2.00 bits per heavy atom. The minimum absolute atomic E-state index is 0.0617. The van der Waals surface area contributed by atoms with Crippen molar-refractivity contribution in [1.82, 2.24) is 0 Å². The summed E-state index contributed by atoms with van der Waals surface area (Å²) in [5.74, 6) is 0.276.